The van der Waals surface area contributed by atoms with E-state index in [1.807, 2.05) is 43.3 Å². The Hall–Kier alpha value is -1.72. The van der Waals surface area contributed by atoms with Crippen LogP contribution in [0.1, 0.15) is 15.4 Å². The van der Waals surface area contributed by atoms with E-state index in [0.29, 0.717) is 5.56 Å². The third kappa shape index (κ3) is 2.59. The molecule has 5 heteroatoms. The Kier molecular flexibility index (Phi) is 3.54. The molecule has 2 aromatic carbocycles. The molecule has 0 unspecified atom stereocenters. The molecule has 3 rings (SSSR count). The van der Waals surface area contributed by atoms with Crippen molar-refractivity contribution >= 4 is 49.1 Å². The zero-order valence-electron chi connectivity index (χ0n) is 10.7. The van der Waals surface area contributed by atoms with Crippen LogP contribution < -0.4 is 5.32 Å². The molecule has 0 aliphatic rings. The van der Waals surface area contributed by atoms with Gasteiger partial charge >= 0.3 is 0 Å². The number of benzene rings is 2. The Labute approximate surface area is 128 Å². The van der Waals surface area contributed by atoms with Gasteiger partial charge in [0.05, 0.1) is 20.8 Å². The molecule has 1 amide bonds. The number of carbonyl (C=O) groups excluding carboxylic acids is 1. The average molecular weight is 347 g/mol. The van der Waals surface area contributed by atoms with Crippen LogP contribution in [0.5, 0.6) is 0 Å². The Morgan fingerprint density at radius 2 is 2.05 bits per heavy atom. The van der Waals surface area contributed by atoms with E-state index in [9.17, 15) is 4.79 Å². The summed E-state index contributed by atoms with van der Waals surface area (Å²) in [5, 5.41) is 3.92. The lowest BCUT2D eigenvalue weighted by Crippen LogP contribution is -2.12. The Morgan fingerprint density at radius 1 is 1.25 bits per heavy atom. The summed E-state index contributed by atoms with van der Waals surface area (Å²) in [6.45, 7) is 1.98. The van der Waals surface area contributed by atoms with Gasteiger partial charge in [0.15, 0.2) is 0 Å². The van der Waals surface area contributed by atoms with E-state index in [1.54, 1.807) is 17.4 Å². The SMILES string of the molecule is Cc1nc2cc(NC(=O)c3ccccc3Br)ccc2s1. The summed E-state index contributed by atoms with van der Waals surface area (Å²) in [5.41, 5.74) is 2.28. The maximum atomic E-state index is 12.2. The molecule has 3 nitrogen and oxygen atoms in total. The highest BCUT2D eigenvalue weighted by Crippen LogP contribution is 2.25. The van der Waals surface area contributed by atoms with Crippen LogP contribution in [0.3, 0.4) is 0 Å². The van der Waals surface area contributed by atoms with Gasteiger partial charge in [-0.3, -0.25) is 4.79 Å². The molecule has 0 bridgehead atoms. The third-order valence-electron chi connectivity index (χ3n) is 2.87. The molecule has 0 atom stereocenters. The summed E-state index contributed by atoms with van der Waals surface area (Å²) in [7, 11) is 0. The largest absolute Gasteiger partial charge is 0.322 e. The normalized spacial score (nSPS) is 10.7. The lowest BCUT2D eigenvalue weighted by atomic mass is 10.2. The summed E-state index contributed by atoms with van der Waals surface area (Å²) in [5.74, 6) is -0.135. The van der Waals surface area contributed by atoms with Crippen LogP contribution >= 0.6 is 27.3 Å². The van der Waals surface area contributed by atoms with Gasteiger partial charge in [-0.2, -0.15) is 0 Å². The quantitative estimate of drug-likeness (QED) is 0.735. The first-order chi connectivity index (χ1) is 9.63. The molecule has 1 aromatic heterocycles. The Balaban J connectivity index is 1.89. The van der Waals surface area contributed by atoms with Crippen LogP contribution in [0.4, 0.5) is 5.69 Å². The van der Waals surface area contributed by atoms with Crippen LogP contribution in [-0.2, 0) is 0 Å². The van der Waals surface area contributed by atoms with E-state index in [4.69, 9.17) is 0 Å². The second-order valence-electron chi connectivity index (χ2n) is 4.35. The lowest BCUT2D eigenvalue weighted by Gasteiger charge is -2.06. The van der Waals surface area contributed by atoms with Gasteiger partial charge < -0.3 is 5.32 Å². The smallest absolute Gasteiger partial charge is 0.256 e. The first kappa shape index (κ1) is 13.3. The second-order valence-corrected chi connectivity index (χ2v) is 6.44. The number of carbonyl (C=O) groups is 1. The Morgan fingerprint density at radius 3 is 2.85 bits per heavy atom. The fourth-order valence-electron chi connectivity index (χ4n) is 1.96. The van der Waals surface area contributed by atoms with Crippen LogP contribution in [0, 0.1) is 6.92 Å². The summed E-state index contributed by atoms with van der Waals surface area (Å²) in [6, 6.07) is 13.1. The fraction of sp³-hybridized carbons (Fsp3) is 0.0667. The molecule has 1 heterocycles. The topological polar surface area (TPSA) is 42.0 Å². The molecule has 0 fully saturated rings. The minimum atomic E-state index is -0.135. The van der Waals surface area contributed by atoms with Crippen molar-refractivity contribution in [1.29, 1.82) is 0 Å². The molecule has 100 valence electrons. The third-order valence-corrected chi connectivity index (χ3v) is 4.51. The van der Waals surface area contributed by atoms with Gasteiger partial charge in [-0.05, 0) is 53.2 Å². The van der Waals surface area contributed by atoms with Gasteiger partial charge in [0, 0.05) is 10.2 Å². The predicted octanol–water partition coefficient (Wildman–Crippen LogP) is 4.62. The molecular weight excluding hydrogens is 336 g/mol. The van der Waals surface area contributed by atoms with Crippen molar-refractivity contribution in [2.45, 2.75) is 6.92 Å². The van der Waals surface area contributed by atoms with E-state index in [-0.39, 0.29) is 5.91 Å². The van der Waals surface area contributed by atoms with Crippen molar-refractivity contribution in [2.75, 3.05) is 5.32 Å². The molecule has 0 radical (unpaired) electrons. The number of nitrogens with one attached hydrogen (secondary N) is 1. The van der Waals surface area contributed by atoms with Crippen LogP contribution in [0.25, 0.3) is 10.2 Å². The van der Waals surface area contributed by atoms with E-state index in [1.165, 1.54) is 0 Å². The lowest BCUT2D eigenvalue weighted by molar-refractivity contribution is 0.102. The van der Waals surface area contributed by atoms with Crippen molar-refractivity contribution in [2.24, 2.45) is 0 Å². The van der Waals surface area contributed by atoms with Crippen molar-refractivity contribution in [3.05, 3.63) is 57.5 Å². The Bertz CT molecular complexity index is 797. The van der Waals surface area contributed by atoms with Crippen LogP contribution in [0.2, 0.25) is 0 Å². The highest BCUT2D eigenvalue weighted by atomic mass is 79.9. The summed E-state index contributed by atoms with van der Waals surface area (Å²) >= 11 is 5.03. The number of amides is 1. The fourth-order valence-corrected chi connectivity index (χ4v) is 3.24. The van der Waals surface area contributed by atoms with Gasteiger partial charge in [0.1, 0.15) is 0 Å². The molecule has 0 saturated heterocycles. The van der Waals surface area contributed by atoms with E-state index in [0.717, 1.165) is 25.4 Å². The molecule has 0 aliphatic heterocycles. The molecular formula is C15H11BrN2OS. The van der Waals surface area contributed by atoms with Gasteiger partial charge in [0.25, 0.3) is 5.91 Å². The van der Waals surface area contributed by atoms with Crippen molar-refractivity contribution in [1.82, 2.24) is 4.98 Å². The van der Waals surface area contributed by atoms with Crippen molar-refractivity contribution in [3.63, 3.8) is 0 Å². The number of fused-ring (bicyclic) bond motifs is 1. The monoisotopic (exact) mass is 346 g/mol. The van der Waals surface area contributed by atoms with E-state index in [2.05, 4.69) is 26.2 Å². The number of thiazole rings is 1. The van der Waals surface area contributed by atoms with Crippen LogP contribution in [0.15, 0.2) is 46.9 Å². The van der Waals surface area contributed by atoms with E-state index >= 15 is 0 Å². The molecule has 20 heavy (non-hydrogen) atoms. The number of halogens is 1. The first-order valence-corrected chi connectivity index (χ1v) is 7.67. The first-order valence-electron chi connectivity index (χ1n) is 6.06. The van der Waals surface area contributed by atoms with E-state index < -0.39 is 0 Å². The predicted molar refractivity (Wildman–Crippen MR) is 86.5 cm³/mol. The zero-order valence-corrected chi connectivity index (χ0v) is 13.1. The highest BCUT2D eigenvalue weighted by Gasteiger charge is 2.10. The number of hydrogen-bond donors (Lipinski definition) is 1. The van der Waals surface area contributed by atoms with Crippen molar-refractivity contribution in [3.8, 4) is 0 Å². The highest BCUT2D eigenvalue weighted by molar-refractivity contribution is 9.10. The minimum Gasteiger partial charge on any atom is -0.322 e. The van der Waals surface area contributed by atoms with Gasteiger partial charge in [0.2, 0.25) is 0 Å². The summed E-state index contributed by atoms with van der Waals surface area (Å²) in [4.78, 5) is 16.6. The number of hydrogen-bond acceptors (Lipinski definition) is 3. The van der Waals surface area contributed by atoms with Crippen molar-refractivity contribution < 1.29 is 4.79 Å². The maximum absolute atomic E-state index is 12.2. The number of aryl methyl sites for hydroxylation is 1. The summed E-state index contributed by atoms with van der Waals surface area (Å²) < 4.78 is 1.91. The number of aromatic nitrogens is 1. The standard InChI is InChI=1S/C15H11BrN2OS/c1-9-17-13-8-10(6-7-14(13)20-9)18-15(19)11-4-2-3-5-12(11)16/h2-8H,1H3,(H,18,19). The molecule has 1 N–H and O–H groups in total. The number of anilines is 1. The molecule has 0 saturated carbocycles. The maximum Gasteiger partial charge on any atom is 0.256 e. The minimum absolute atomic E-state index is 0.135. The number of rotatable bonds is 2. The van der Waals surface area contributed by atoms with Gasteiger partial charge in [-0.15, -0.1) is 11.3 Å². The van der Waals surface area contributed by atoms with Gasteiger partial charge in [-0.25, -0.2) is 4.98 Å². The van der Waals surface area contributed by atoms with Gasteiger partial charge in [-0.1, -0.05) is 12.1 Å². The molecule has 0 spiro atoms. The molecule has 3 aromatic rings. The summed E-state index contributed by atoms with van der Waals surface area (Å²) in [6.07, 6.45) is 0. The molecule has 0 aliphatic carbocycles. The van der Waals surface area contributed by atoms with Crippen LogP contribution in [-0.4, -0.2) is 10.9 Å². The second kappa shape index (κ2) is 5.34. The average Bonchev–Trinajstić information content (AvgIpc) is 2.78. The zero-order chi connectivity index (χ0) is 14.1. The number of nitrogens with zero attached hydrogens (tertiary/aromatic N) is 1.